The Kier molecular flexibility index (Phi) is 9.32. The number of benzene rings is 3. The predicted octanol–water partition coefficient (Wildman–Crippen LogP) is 4.71. The summed E-state index contributed by atoms with van der Waals surface area (Å²) in [6, 6.07) is 16.4. The Balaban J connectivity index is 1.43. The molecule has 0 spiro atoms. The minimum Gasteiger partial charge on any atom is -0.504 e. The summed E-state index contributed by atoms with van der Waals surface area (Å²) in [6.45, 7) is 2.34. The number of carboxylic acids is 1. The lowest BCUT2D eigenvalue weighted by Gasteiger charge is -2.35. The van der Waals surface area contributed by atoms with E-state index in [0.29, 0.717) is 24.3 Å². The number of aliphatic carboxylic acids is 1. The Morgan fingerprint density at radius 3 is 2.54 bits per heavy atom. The fourth-order valence-electron chi connectivity index (χ4n) is 4.61. The molecule has 1 unspecified atom stereocenters. The van der Waals surface area contributed by atoms with Crippen LogP contribution in [0, 0.1) is 11.3 Å². The van der Waals surface area contributed by atoms with Crippen LogP contribution in [0.1, 0.15) is 40.4 Å². The van der Waals surface area contributed by atoms with Gasteiger partial charge in [-0.25, -0.2) is 9.59 Å². The van der Waals surface area contributed by atoms with Gasteiger partial charge in [0, 0.05) is 13.0 Å². The van der Waals surface area contributed by atoms with Crippen molar-refractivity contribution in [3.63, 3.8) is 0 Å². The van der Waals surface area contributed by atoms with Crippen molar-refractivity contribution in [2.75, 3.05) is 6.61 Å². The number of carbonyl (C=O) groups excluding carboxylic acids is 2. The number of hydrogen-bond donors (Lipinski definition) is 3. The van der Waals surface area contributed by atoms with Gasteiger partial charge in [0.25, 0.3) is 5.91 Å². The highest BCUT2D eigenvalue weighted by Crippen LogP contribution is 2.35. The summed E-state index contributed by atoms with van der Waals surface area (Å²) in [7, 11) is 0. The summed E-state index contributed by atoms with van der Waals surface area (Å²) in [6.07, 6.45) is -0.185. The van der Waals surface area contributed by atoms with Crippen LogP contribution in [-0.4, -0.2) is 51.8 Å². The van der Waals surface area contributed by atoms with E-state index in [2.05, 4.69) is 11.4 Å². The van der Waals surface area contributed by atoms with Crippen molar-refractivity contribution >= 4 is 29.6 Å². The molecule has 11 heteroatoms. The van der Waals surface area contributed by atoms with Crippen molar-refractivity contribution < 1.29 is 34.1 Å². The van der Waals surface area contributed by atoms with Crippen LogP contribution in [0.4, 0.5) is 4.79 Å². The number of halogens is 1. The van der Waals surface area contributed by atoms with Gasteiger partial charge < -0.3 is 25.0 Å². The molecule has 212 valence electrons. The number of amides is 2. The normalized spacial score (nSPS) is 14.8. The fourth-order valence-corrected chi connectivity index (χ4v) is 4.83. The van der Waals surface area contributed by atoms with Gasteiger partial charge in [-0.2, -0.15) is 5.26 Å². The highest BCUT2D eigenvalue weighted by molar-refractivity contribution is 6.33. The second-order valence-electron chi connectivity index (χ2n) is 9.43. The number of hydrogen-bond acceptors (Lipinski definition) is 7. The van der Waals surface area contributed by atoms with E-state index < -0.39 is 30.1 Å². The summed E-state index contributed by atoms with van der Waals surface area (Å²) in [5.41, 5.74) is 2.37. The number of carboxylic acid groups (broad SMARTS) is 1. The molecule has 0 radical (unpaired) electrons. The molecule has 1 heterocycles. The number of phenols is 1. The van der Waals surface area contributed by atoms with Gasteiger partial charge in [-0.3, -0.25) is 9.69 Å². The Labute approximate surface area is 241 Å². The van der Waals surface area contributed by atoms with Gasteiger partial charge in [0.2, 0.25) is 0 Å². The van der Waals surface area contributed by atoms with E-state index >= 15 is 0 Å². The molecule has 10 nitrogen and oxygen atoms in total. The third kappa shape index (κ3) is 7.07. The van der Waals surface area contributed by atoms with Crippen molar-refractivity contribution in [3.8, 4) is 23.3 Å². The number of nitrogens with one attached hydrogen (secondary N) is 1. The van der Waals surface area contributed by atoms with Gasteiger partial charge >= 0.3 is 12.1 Å². The zero-order valence-electron chi connectivity index (χ0n) is 22.2. The van der Waals surface area contributed by atoms with Crippen LogP contribution < -0.4 is 14.8 Å². The molecule has 0 saturated heterocycles. The molecular formula is C30H28ClN3O7. The first-order chi connectivity index (χ1) is 19.7. The summed E-state index contributed by atoms with van der Waals surface area (Å²) >= 11 is 6.05. The number of aromatic hydroxyl groups is 1. The van der Waals surface area contributed by atoms with Crippen LogP contribution in [0.3, 0.4) is 0 Å². The Hall–Kier alpha value is -4.75. The van der Waals surface area contributed by atoms with Gasteiger partial charge in [-0.1, -0.05) is 35.9 Å². The van der Waals surface area contributed by atoms with E-state index in [4.69, 9.17) is 21.1 Å². The van der Waals surface area contributed by atoms with Crippen molar-refractivity contribution in [3.05, 3.63) is 87.9 Å². The molecule has 0 aliphatic carbocycles. The highest BCUT2D eigenvalue weighted by Gasteiger charge is 2.32. The molecule has 0 saturated carbocycles. The Morgan fingerprint density at radius 2 is 1.88 bits per heavy atom. The molecule has 2 amide bonds. The van der Waals surface area contributed by atoms with Crippen molar-refractivity contribution in [1.29, 1.82) is 5.26 Å². The second kappa shape index (κ2) is 13.1. The lowest BCUT2D eigenvalue weighted by molar-refractivity contribution is -0.139. The molecule has 0 aromatic heterocycles. The maximum absolute atomic E-state index is 13.1. The first kappa shape index (κ1) is 29.2. The summed E-state index contributed by atoms with van der Waals surface area (Å²) in [5, 5.41) is 32.0. The van der Waals surface area contributed by atoms with Crippen LogP contribution in [-0.2, 0) is 24.2 Å². The molecule has 41 heavy (non-hydrogen) atoms. The molecule has 0 fully saturated rings. The fraction of sp³-hybridized carbons (Fsp3) is 0.267. The van der Waals surface area contributed by atoms with Crippen LogP contribution in [0.5, 0.6) is 17.2 Å². The lowest BCUT2D eigenvalue weighted by atomic mass is 9.92. The van der Waals surface area contributed by atoms with Crippen molar-refractivity contribution in [2.45, 2.75) is 44.8 Å². The molecule has 3 aromatic carbocycles. The number of carbonyl (C=O) groups is 3. The molecule has 3 N–H and O–H groups in total. The van der Waals surface area contributed by atoms with E-state index in [1.807, 2.05) is 6.92 Å². The molecule has 1 aliphatic rings. The number of phenolic OH excluding ortho intramolecular Hbond substituents is 1. The summed E-state index contributed by atoms with van der Waals surface area (Å²) < 4.78 is 11.0. The van der Waals surface area contributed by atoms with Gasteiger partial charge in [0.05, 0.1) is 35.7 Å². The Morgan fingerprint density at radius 1 is 1.15 bits per heavy atom. The van der Waals surface area contributed by atoms with Crippen LogP contribution >= 0.6 is 11.6 Å². The average molecular weight is 578 g/mol. The topological polar surface area (TPSA) is 149 Å². The molecular weight excluding hydrogens is 550 g/mol. The van der Waals surface area contributed by atoms with Crippen molar-refractivity contribution in [2.24, 2.45) is 0 Å². The number of fused-ring (bicyclic) bond motifs is 1. The summed E-state index contributed by atoms with van der Waals surface area (Å²) in [5.74, 6) is -1.27. The highest BCUT2D eigenvalue weighted by atomic mass is 35.5. The van der Waals surface area contributed by atoms with Gasteiger partial charge in [0.1, 0.15) is 11.8 Å². The zero-order chi connectivity index (χ0) is 29.5. The standard InChI is InChI=1S/C30H28ClN3O7/c1-2-40-27-16-19-14-21(11-12-32)34(17-20(19)15-26(27)35)30(39)41-22-9-7-18(8-10-22)13-25(29(37)38)33-28(36)23-5-3-4-6-24(23)31/h3-10,15-16,21,25,35H,2,11,13-14,17H2,1H3,(H,33,36)(H,37,38)/t21?,25-/m0/s1. The van der Waals surface area contributed by atoms with E-state index in [1.54, 1.807) is 42.5 Å². The third-order valence-electron chi connectivity index (χ3n) is 6.67. The number of nitrogens with zero attached hydrogens (tertiary/aromatic N) is 2. The monoisotopic (exact) mass is 577 g/mol. The maximum Gasteiger partial charge on any atom is 0.415 e. The largest absolute Gasteiger partial charge is 0.504 e. The smallest absolute Gasteiger partial charge is 0.415 e. The summed E-state index contributed by atoms with van der Waals surface area (Å²) in [4.78, 5) is 38.9. The zero-order valence-corrected chi connectivity index (χ0v) is 22.9. The first-order valence-corrected chi connectivity index (χ1v) is 13.3. The number of ether oxygens (including phenoxy) is 2. The molecule has 3 aromatic rings. The van der Waals surface area contributed by atoms with E-state index in [-0.39, 0.29) is 41.5 Å². The second-order valence-corrected chi connectivity index (χ2v) is 9.84. The Bertz CT molecular complexity index is 1490. The number of nitriles is 1. The minimum absolute atomic E-state index is 0.0138. The lowest BCUT2D eigenvalue weighted by Crippen LogP contribution is -2.45. The van der Waals surface area contributed by atoms with Crippen LogP contribution in [0.15, 0.2) is 60.7 Å². The minimum atomic E-state index is -1.22. The first-order valence-electron chi connectivity index (χ1n) is 12.9. The maximum atomic E-state index is 13.1. The quantitative estimate of drug-likeness (QED) is 0.331. The van der Waals surface area contributed by atoms with E-state index in [0.717, 1.165) is 11.1 Å². The van der Waals surface area contributed by atoms with E-state index in [9.17, 15) is 29.9 Å². The molecule has 0 bridgehead atoms. The van der Waals surface area contributed by atoms with Gasteiger partial charge in [-0.05, 0) is 66.4 Å². The van der Waals surface area contributed by atoms with Gasteiger partial charge in [0.15, 0.2) is 11.5 Å². The predicted molar refractivity (Wildman–Crippen MR) is 149 cm³/mol. The molecule has 2 atom stereocenters. The van der Waals surface area contributed by atoms with Crippen LogP contribution in [0.2, 0.25) is 5.02 Å². The van der Waals surface area contributed by atoms with Gasteiger partial charge in [-0.15, -0.1) is 0 Å². The molecule has 4 rings (SSSR count). The third-order valence-corrected chi connectivity index (χ3v) is 7.00. The van der Waals surface area contributed by atoms with Crippen molar-refractivity contribution in [1.82, 2.24) is 10.2 Å². The SMILES string of the molecule is CCOc1cc2c(cc1O)CN(C(=O)Oc1ccc(C[C@H](NC(=O)c3ccccc3Cl)C(=O)O)cc1)C(CC#N)C2. The van der Waals surface area contributed by atoms with Crippen LogP contribution in [0.25, 0.3) is 0 Å². The van der Waals surface area contributed by atoms with E-state index in [1.165, 1.54) is 23.1 Å². The molecule has 1 aliphatic heterocycles. The number of rotatable bonds is 9. The average Bonchev–Trinajstić information content (AvgIpc) is 2.94.